The Hall–Kier alpha value is -0.700. The minimum absolute atomic E-state index is 0.0758. The largest absolute Gasteiger partial charge is 0.377 e. The predicted molar refractivity (Wildman–Crippen MR) is 55.5 cm³/mol. The summed E-state index contributed by atoms with van der Waals surface area (Å²) < 4.78 is 4.74. The molecule has 0 N–H and O–H groups in total. The van der Waals surface area contributed by atoms with Gasteiger partial charge in [0.05, 0.1) is 6.42 Å². The van der Waals surface area contributed by atoms with Crippen LogP contribution in [0.4, 0.5) is 0 Å². The van der Waals surface area contributed by atoms with Gasteiger partial charge in [0.25, 0.3) is 0 Å². The maximum absolute atomic E-state index is 12.0. The highest BCUT2D eigenvalue weighted by Crippen LogP contribution is 2.62. The Balaban J connectivity index is 1.89. The summed E-state index contributed by atoms with van der Waals surface area (Å²) >= 11 is 0. The highest BCUT2D eigenvalue weighted by molar-refractivity contribution is 6.03. The Morgan fingerprint density at radius 2 is 2.20 bits per heavy atom. The molecule has 0 aromatic rings. The van der Waals surface area contributed by atoms with Crippen LogP contribution in [-0.2, 0) is 14.3 Å². The van der Waals surface area contributed by atoms with Crippen LogP contribution in [0.2, 0.25) is 0 Å². The highest BCUT2D eigenvalue weighted by atomic mass is 16.5. The summed E-state index contributed by atoms with van der Waals surface area (Å²) in [6, 6.07) is 0. The lowest BCUT2D eigenvalue weighted by Gasteiger charge is -2.20. The number of carbonyl (C=O) groups excluding carboxylic acids is 2. The van der Waals surface area contributed by atoms with Crippen molar-refractivity contribution in [2.75, 3.05) is 13.7 Å². The predicted octanol–water partition coefficient (Wildman–Crippen LogP) is 1.74. The second kappa shape index (κ2) is 4.05. The topological polar surface area (TPSA) is 43.4 Å². The monoisotopic (exact) mass is 210 g/mol. The molecule has 0 aromatic heterocycles. The molecule has 0 radical (unpaired) electrons. The lowest BCUT2D eigenvalue weighted by atomic mass is 9.83. The zero-order valence-electron chi connectivity index (χ0n) is 9.25. The van der Waals surface area contributed by atoms with Gasteiger partial charge in [-0.3, -0.25) is 9.59 Å². The highest BCUT2D eigenvalue weighted by Gasteiger charge is 2.59. The van der Waals surface area contributed by atoms with Gasteiger partial charge in [-0.2, -0.15) is 0 Å². The molecule has 0 bridgehead atoms. The molecule has 2 rings (SSSR count). The number of methoxy groups -OCH3 is 1. The van der Waals surface area contributed by atoms with Crippen LogP contribution in [0.15, 0.2) is 0 Å². The van der Waals surface area contributed by atoms with Crippen molar-refractivity contribution in [1.29, 1.82) is 0 Å². The molecule has 0 aromatic carbocycles. The molecule has 0 aliphatic heterocycles. The lowest BCUT2D eigenvalue weighted by molar-refractivity contribution is -0.132. The van der Waals surface area contributed by atoms with Crippen molar-refractivity contribution in [3.63, 3.8) is 0 Å². The zero-order valence-corrected chi connectivity index (χ0v) is 9.25. The van der Waals surface area contributed by atoms with Crippen molar-refractivity contribution in [3.05, 3.63) is 0 Å². The van der Waals surface area contributed by atoms with Crippen LogP contribution in [0.3, 0.4) is 0 Å². The van der Waals surface area contributed by atoms with Crippen molar-refractivity contribution < 1.29 is 14.3 Å². The van der Waals surface area contributed by atoms with E-state index in [0.717, 1.165) is 19.3 Å². The van der Waals surface area contributed by atoms with Gasteiger partial charge in [0, 0.05) is 12.5 Å². The third-order valence-electron chi connectivity index (χ3n) is 3.88. The standard InChI is InChI=1S/C12H18O3/c1-15-8-10(13)6-11(14)12-5-3-2-4-9(12)7-12/h9H,2-8H2,1H3. The van der Waals surface area contributed by atoms with E-state index in [9.17, 15) is 9.59 Å². The molecule has 0 spiro atoms. The van der Waals surface area contributed by atoms with Crippen LogP contribution < -0.4 is 0 Å². The second-order valence-corrected chi connectivity index (χ2v) is 4.87. The maximum Gasteiger partial charge on any atom is 0.165 e. The van der Waals surface area contributed by atoms with Gasteiger partial charge >= 0.3 is 0 Å². The molecule has 2 aliphatic carbocycles. The smallest absolute Gasteiger partial charge is 0.165 e. The van der Waals surface area contributed by atoms with E-state index in [-0.39, 0.29) is 30.0 Å². The van der Waals surface area contributed by atoms with Gasteiger partial charge in [-0.25, -0.2) is 0 Å². The fraction of sp³-hybridized carbons (Fsp3) is 0.833. The molecule has 2 saturated carbocycles. The van der Waals surface area contributed by atoms with Crippen LogP contribution >= 0.6 is 0 Å². The third-order valence-corrected chi connectivity index (χ3v) is 3.88. The Bertz CT molecular complexity index is 285. The fourth-order valence-corrected chi connectivity index (χ4v) is 2.94. The van der Waals surface area contributed by atoms with E-state index >= 15 is 0 Å². The first-order valence-electron chi connectivity index (χ1n) is 5.73. The van der Waals surface area contributed by atoms with Crippen LogP contribution in [-0.4, -0.2) is 25.3 Å². The van der Waals surface area contributed by atoms with Gasteiger partial charge in [-0.1, -0.05) is 12.8 Å². The zero-order chi connectivity index (χ0) is 10.9. The first-order valence-corrected chi connectivity index (χ1v) is 5.73. The van der Waals surface area contributed by atoms with E-state index in [1.165, 1.54) is 20.0 Å². The minimum Gasteiger partial charge on any atom is -0.377 e. The molecule has 2 aliphatic rings. The Labute approximate surface area is 90.2 Å². The summed E-state index contributed by atoms with van der Waals surface area (Å²) in [6.45, 7) is 0.0759. The van der Waals surface area contributed by atoms with Crippen molar-refractivity contribution in [3.8, 4) is 0 Å². The molecule has 15 heavy (non-hydrogen) atoms. The van der Waals surface area contributed by atoms with Crippen LogP contribution in [0.1, 0.15) is 38.5 Å². The molecular formula is C12H18O3. The third kappa shape index (κ3) is 1.98. The average molecular weight is 210 g/mol. The van der Waals surface area contributed by atoms with E-state index in [2.05, 4.69) is 0 Å². The van der Waals surface area contributed by atoms with E-state index in [0.29, 0.717) is 5.92 Å². The molecule has 3 heteroatoms. The van der Waals surface area contributed by atoms with Gasteiger partial charge in [0.15, 0.2) is 5.78 Å². The average Bonchev–Trinajstić information content (AvgIpc) is 2.93. The first kappa shape index (κ1) is 10.8. The summed E-state index contributed by atoms with van der Waals surface area (Å²) in [6.07, 6.45) is 5.73. The van der Waals surface area contributed by atoms with Gasteiger partial charge in [-0.15, -0.1) is 0 Å². The van der Waals surface area contributed by atoms with Gasteiger partial charge in [0.1, 0.15) is 12.4 Å². The molecule has 84 valence electrons. The molecule has 2 atom stereocenters. The van der Waals surface area contributed by atoms with Crippen LogP contribution in [0, 0.1) is 11.3 Å². The fourth-order valence-electron chi connectivity index (χ4n) is 2.94. The van der Waals surface area contributed by atoms with Gasteiger partial charge in [-0.05, 0) is 25.2 Å². The summed E-state index contributed by atoms with van der Waals surface area (Å²) in [4.78, 5) is 23.3. The number of hydrogen-bond acceptors (Lipinski definition) is 3. The number of ether oxygens (including phenoxy) is 1. The summed E-state index contributed by atoms with van der Waals surface area (Å²) in [5.74, 6) is 0.691. The normalized spacial score (nSPS) is 33.3. The van der Waals surface area contributed by atoms with Crippen molar-refractivity contribution in [2.45, 2.75) is 38.5 Å². The summed E-state index contributed by atoms with van der Waals surface area (Å²) in [7, 11) is 1.49. The SMILES string of the molecule is COCC(=O)CC(=O)C12CCCCC1C2. The summed E-state index contributed by atoms with van der Waals surface area (Å²) in [5, 5.41) is 0. The molecule has 0 amide bonds. The van der Waals surface area contributed by atoms with Crippen molar-refractivity contribution in [1.82, 2.24) is 0 Å². The Kier molecular flexibility index (Phi) is 2.91. The Morgan fingerprint density at radius 3 is 2.87 bits per heavy atom. The molecule has 0 saturated heterocycles. The molecule has 2 unspecified atom stereocenters. The number of hydrogen-bond donors (Lipinski definition) is 0. The van der Waals surface area contributed by atoms with Gasteiger partial charge in [0.2, 0.25) is 0 Å². The van der Waals surface area contributed by atoms with Gasteiger partial charge < -0.3 is 4.74 Å². The Morgan fingerprint density at radius 1 is 1.40 bits per heavy atom. The summed E-state index contributed by atoms with van der Waals surface area (Å²) in [5.41, 5.74) is -0.0817. The van der Waals surface area contributed by atoms with E-state index in [1.807, 2.05) is 0 Å². The van der Waals surface area contributed by atoms with Crippen molar-refractivity contribution in [2.24, 2.45) is 11.3 Å². The molecule has 0 heterocycles. The molecule has 2 fully saturated rings. The maximum atomic E-state index is 12.0. The first-order chi connectivity index (χ1) is 7.19. The number of rotatable bonds is 5. The number of ketones is 2. The minimum atomic E-state index is -0.0817. The second-order valence-electron chi connectivity index (χ2n) is 4.87. The molecular weight excluding hydrogens is 192 g/mol. The quantitative estimate of drug-likeness (QED) is 0.649. The number of fused-ring (bicyclic) bond motifs is 1. The number of carbonyl (C=O) groups is 2. The van der Waals surface area contributed by atoms with E-state index < -0.39 is 0 Å². The van der Waals surface area contributed by atoms with Crippen molar-refractivity contribution >= 4 is 11.6 Å². The van der Waals surface area contributed by atoms with E-state index in [4.69, 9.17) is 4.74 Å². The lowest BCUT2D eigenvalue weighted by Crippen LogP contribution is -2.25. The molecule has 3 nitrogen and oxygen atoms in total. The van der Waals surface area contributed by atoms with Crippen LogP contribution in [0.5, 0.6) is 0 Å². The van der Waals surface area contributed by atoms with E-state index in [1.54, 1.807) is 0 Å². The number of Topliss-reactive ketones (excluding diaryl/α,β-unsaturated/α-hetero) is 2. The van der Waals surface area contributed by atoms with Crippen LogP contribution in [0.25, 0.3) is 0 Å².